The molecule has 0 aliphatic rings. The van der Waals surface area contributed by atoms with E-state index >= 15 is 0 Å². The second-order valence-electron chi connectivity index (χ2n) is 3.91. The maximum absolute atomic E-state index is 12.3. The number of Topliss-reactive ketones (excluding diaryl/α,β-unsaturated/α-hetero) is 1. The Morgan fingerprint density at radius 3 is 2.32 bits per heavy atom. The van der Waals surface area contributed by atoms with Crippen molar-refractivity contribution in [3.8, 4) is 11.5 Å². The minimum absolute atomic E-state index is 0.311. The first-order chi connectivity index (χ1) is 9.08. The van der Waals surface area contributed by atoms with Gasteiger partial charge in [-0.2, -0.15) is 0 Å². The summed E-state index contributed by atoms with van der Waals surface area (Å²) in [7, 11) is 4.26. The van der Waals surface area contributed by atoms with Crippen LogP contribution in [-0.2, 0) is 9.53 Å². The summed E-state index contributed by atoms with van der Waals surface area (Å²) in [4.78, 5) is 23.9. The van der Waals surface area contributed by atoms with Crippen LogP contribution in [0, 0.1) is 5.92 Å². The number of carbonyl (C=O) groups excluding carboxylic acids is 2. The predicted molar refractivity (Wildman–Crippen MR) is 69.7 cm³/mol. The third kappa shape index (κ3) is 3.24. The van der Waals surface area contributed by atoms with Gasteiger partial charge in [-0.25, -0.2) is 0 Å². The van der Waals surface area contributed by atoms with Gasteiger partial charge in [0, 0.05) is 6.07 Å². The number of ether oxygens (including phenoxy) is 3. The lowest BCUT2D eigenvalue weighted by Crippen LogP contribution is -2.25. The van der Waals surface area contributed by atoms with Crippen LogP contribution < -0.4 is 9.47 Å². The van der Waals surface area contributed by atoms with Crippen molar-refractivity contribution < 1.29 is 23.8 Å². The molecule has 1 aromatic carbocycles. The van der Waals surface area contributed by atoms with Crippen LogP contribution in [0.4, 0.5) is 0 Å². The highest BCUT2D eigenvalue weighted by molar-refractivity contribution is 6.10. The van der Waals surface area contributed by atoms with Gasteiger partial charge in [-0.15, -0.1) is 0 Å². The number of carbonyl (C=O) groups is 2. The van der Waals surface area contributed by atoms with Crippen LogP contribution in [0.5, 0.6) is 11.5 Å². The van der Waals surface area contributed by atoms with E-state index in [4.69, 9.17) is 9.47 Å². The van der Waals surface area contributed by atoms with Crippen molar-refractivity contribution in [3.05, 3.63) is 23.8 Å². The maximum Gasteiger partial charge on any atom is 0.316 e. The summed E-state index contributed by atoms with van der Waals surface area (Å²) < 4.78 is 14.9. The third-order valence-corrected chi connectivity index (χ3v) is 2.88. The summed E-state index contributed by atoms with van der Waals surface area (Å²) >= 11 is 0. The standard InChI is InChI=1S/C14H18O5/c1-5-10(14(16)19-4)13(15)11-7-6-9(17-2)8-12(11)18-3/h6-8,10H,5H2,1-4H3. The lowest BCUT2D eigenvalue weighted by molar-refractivity contribution is -0.143. The van der Waals surface area contributed by atoms with Crippen LogP contribution in [0.2, 0.25) is 0 Å². The molecule has 0 bridgehead atoms. The van der Waals surface area contributed by atoms with Crippen LogP contribution in [0.3, 0.4) is 0 Å². The molecule has 0 saturated carbocycles. The molecule has 0 N–H and O–H groups in total. The number of rotatable bonds is 6. The Morgan fingerprint density at radius 2 is 1.84 bits per heavy atom. The highest BCUT2D eigenvalue weighted by Gasteiger charge is 2.28. The van der Waals surface area contributed by atoms with Crippen LogP contribution in [0.25, 0.3) is 0 Å². The molecule has 5 nitrogen and oxygen atoms in total. The molecule has 0 amide bonds. The van der Waals surface area contributed by atoms with E-state index in [2.05, 4.69) is 4.74 Å². The molecular weight excluding hydrogens is 248 g/mol. The Hall–Kier alpha value is -2.04. The molecule has 0 aliphatic carbocycles. The largest absolute Gasteiger partial charge is 0.497 e. The second-order valence-corrected chi connectivity index (χ2v) is 3.91. The zero-order chi connectivity index (χ0) is 14.4. The molecule has 0 heterocycles. The average molecular weight is 266 g/mol. The maximum atomic E-state index is 12.3. The van der Waals surface area contributed by atoms with E-state index in [-0.39, 0.29) is 5.78 Å². The Bertz CT molecular complexity index is 467. The van der Waals surface area contributed by atoms with Gasteiger partial charge < -0.3 is 14.2 Å². The quantitative estimate of drug-likeness (QED) is 0.448. The molecule has 0 aliphatic heterocycles. The second kappa shape index (κ2) is 6.78. The lowest BCUT2D eigenvalue weighted by atomic mass is 9.94. The summed E-state index contributed by atoms with van der Waals surface area (Å²) in [5.41, 5.74) is 0.348. The smallest absolute Gasteiger partial charge is 0.316 e. The van der Waals surface area contributed by atoms with Gasteiger partial charge in [0.1, 0.15) is 17.4 Å². The first-order valence-corrected chi connectivity index (χ1v) is 5.93. The van der Waals surface area contributed by atoms with E-state index < -0.39 is 11.9 Å². The Balaban J connectivity index is 3.14. The Labute approximate surface area is 112 Å². The highest BCUT2D eigenvalue weighted by Crippen LogP contribution is 2.27. The fourth-order valence-electron chi connectivity index (χ4n) is 1.79. The molecule has 0 aromatic heterocycles. The molecule has 1 unspecified atom stereocenters. The SMILES string of the molecule is CCC(C(=O)OC)C(=O)c1ccc(OC)cc1OC. The monoisotopic (exact) mass is 266 g/mol. The number of ketones is 1. The summed E-state index contributed by atoms with van der Waals surface area (Å²) in [6, 6.07) is 4.85. The van der Waals surface area contributed by atoms with Gasteiger partial charge in [-0.1, -0.05) is 6.92 Å². The normalized spacial score (nSPS) is 11.6. The van der Waals surface area contributed by atoms with E-state index in [0.717, 1.165) is 0 Å². The van der Waals surface area contributed by atoms with Gasteiger partial charge in [0.05, 0.1) is 26.9 Å². The third-order valence-electron chi connectivity index (χ3n) is 2.88. The van der Waals surface area contributed by atoms with E-state index in [1.165, 1.54) is 21.3 Å². The van der Waals surface area contributed by atoms with E-state index in [1.807, 2.05) is 0 Å². The Morgan fingerprint density at radius 1 is 1.16 bits per heavy atom. The summed E-state index contributed by atoms with van der Waals surface area (Å²) in [6.07, 6.45) is 0.376. The van der Waals surface area contributed by atoms with Crippen molar-refractivity contribution in [2.75, 3.05) is 21.3 Å². The molecule has 0 radical (unpaired) electrons. The highest BCUT2D eigenvalue weighted by atomic mass is 16.5. The zero-order valence-corrected chi connectivity index (χ0v) is 11.6. The molecule has 19 heavy (non-hydrogen) atoms. The van der Waals surface area contributed by atoms with Gasteiger partial charge in [0.2, 0.25) is 0 Å². The molecule has 104 valence electrons. The average Bonchev–Trinajstić information content (AvgIpc) is 2.46. The van der Waals surface area contributed by atoms with Crippen LogP contribution in [-0.4, -0.2) is 33.1 Å². The van der Waals surface area contributed by atoms with Crippen LogP contribution in [0.1, 0.15) is 23.7 Å². The van der Waals surface area contributed by atoms with E-state index in [9.17, 15) is 9.59 Å². The number of hydrogen-bond acceptors (Lipinski definition) is 5. The minimum Gasteiger partial charge on any atom is -0.497 e. The van der Waals surface area contributed by atoms with E-state index in [0.29, 0.717) is 23.5 Å². The van der Waals surface area contributed by atoms with Gasteiger partial charge in [-0.05, 0) is 18.6 Å². The van der Waals surface area contributed by atoms with Crippen molar-refractivity contribution in [3.63, 3.8) is 0 Å². The van der Waals surface area contributed by atoms with Crippen LogP contribution >= 0.6 is 0 Å². The van der Waals surface area contributed by atoms with Crippen molar-refractivity contribution in [1.29, 1.82) is 0 Å². The fourth-order valence-corrected chi connectivity index (χ4v) is 1.79. The number of benzene rings is 1. The summed E-state index contributed by atoms with van der Waals surface area (Å²) in [5.74, 6) is -0.697. The van der Waals surface area contributed by atoms with Crippen LogP contribution in [0.15, 0.2) is 18.2 Å². The predicted octanol–water partition coefficient (Wildman–Crippen LogP) is 2.09. The molecule has 0 saturated heterocycles. The number of esters is 1. The minimum atomic E-state index is -0.813. The summed E-state index contributed by atoms with van der Waals surface area (Å²) in [6.45, 7) is 1.76. The van der Waals surface area contributed by atoms with Gasteiger partial charge in [0.15, 0.2) is 5.78 Å². The number of methoxy groups -OCH3 is 3. The first-order valence-electron chi connectivity index (χ1n) is 5.93. The molecule has 1 aromatic rings. The van der Waals surface area contributed by atoms with Crippen molar-refractivity contribution >= 4 is 11.8 Å². The van der Waals surface area contributed by atoms with Crippen molar-refractivity contribution in [1.82, 2.24) is 0 Å². The topological polar surface area (TPSA) is 61.8 Å². The van der Waals surface area contributed by atoms with Crippen molar-refractivity contribution in [2.45, 2.75) is 13.3 Å². The lowest BCUT2D eigenvalue weighted by Gasteiger charge is -2.14. The van der Waals surface area contributed by atoms with Gasteiger partial charge >= 0.3 is 5.97 Å². The molecule has 5 heteroatoms. The summed E-state index contributed by atoms with van der Waals surface area (Å²) in [5, 5.41) is 0. The molecular formula is C14H18O5. The van der Waals surface area contributed by atoms with Gasteiger partial charge in [-0.3, -0.25) is 9.59 Å². The molecule has 1 atom stereocenters. The molecule has 0 fully saturated rings. The number of hydrogen-bond donors (Lipinski definition) is 0. The van der Waals surface area contributed by atoms with Crippen molar-refractivity contribution in [2.24, 2.45) is 5.92 Å². The molecule has 1 rings (SSSR count). The first kappa shape index (κ1) is 15.0. The molecule has 0 spiro atoms. The van der Waals surface area contributed by atoms with Gasteiger partial charge in [0.25, 0.3) is 0 Å². The zero-order valence-electron chi connectivity index (χ0n) is 11.6. The Kier molecular flexibility index (Phi) is 5.36. The van der Waals surface area contributed by atoms with E-state index in [1.54, 1.807) is 25.1 Å². The fraction of sp³-hybridized carbons (Fsp3) is 0.429.